The highest BCUT2D eigenvalue weighted by Gasteiger charge is 2.16. The lowest BCUT2D eigenvalue weighted by Crippen LogP contribution is -2.40. The lowest BCUT2D eigenvalue weighted by molar-refractivity contribution is -0.117. The largest absolute Gasteiger partial charge is 0.338 e. The van der Waals surface area contributed by atoms with Crippen LogP contribution in [0.4, 0.5) is 4.79 Å². The van der Waals surface area contributed by atoms with Crippen molar-refractivity contribution in [1.29, 1.82) is 0 Å². The molecule has 8 nitrogen and oxygen atoms in total. The van der Waals surface area contributed by atoms with Crippen molar-refractivity contribution in [3.63, 3.8) is 0 Å². The summed E-state index contributed by atoms with van der Waals surface area (Å²) in [4.78, 5) is 45.4. The Balaban J connectivity index is 1.98. The van der Waals surface area contributed by atoms with Crippen LogP contribution < -0.4 is 16.2 Å². The van der Waals surface area contributed by atoms with Crippen molar-refractivity contribution >= 4 is 34.6 Å². The molecular formula is C19H19N5O3S. The van der Waals surface area contributed by atoms with Crippen LogP contribution in [-0.2, 0) is 4.79 Å². The molecule has 0 bridgehead atoms. The second kappa shape index (κ2) is 8.66. The van der Waals surface area contributed by atoms with E-state index >= 15 is 0 Å². The highest BCUT2D eigenvalue weighted by Crippen LogP contribution is 2.20. The third kappa shape index (κ3) is 4.37. The van der Waals surface area contributed by atoms with E-state index in [9.17, 15) is 14.4 Å². The van der Waals surface area contributed by atoms with Gasteiger partial charge in [-0.05, 0) is 43.7 Å². The second-order valence-electron chi connectivity index (χ2n) is 5.94. The van der Waals surface area contributed by atoms with Crippen LogP contribution in [0.15, 0.2) is 52.5 Å². The van der Waals surface area contributed by atoms with Crippen molar-refractivity contribution in [2.75, 3.05) is 12.3 Å². The molecule has 0 saturated carbocycles. The maximum Gasteiger partial charge on any atom is 0.321 e. The number of pyridine rings is 1. The quantitative estimate of drug-likeness (QED) is 0.504. The molecule has 0 atom stereocenters. The molecule has 0 aliphatic heterocycles. The Morgan fingerprint density at radius 2 is 2.00 bits per heavy atom. The Hall–Kier alpha value is -3.20. The number of hydrogen-bond donors (Lipinski definition) is 2. The van der Waals surface area contributed by atoms with Gasteiger partial charge in [-0.1, -0.05) is 23.9 Å². The van der Waals surface area contributed by atoms with Crippen molar-refractivity contribution in [1.82, 2.24) is 25.2 Å². The van der Waals surface area contributed by atoms with E-state index in [1.54, 1.807) is 43.5 Å². The van der Waals surface area contributed by atoms with E-state index in [2.05, 4.69) is 20.6 Å². The maximum atomic E-state index is 13.1. The lowest BCUT2D eigenvalue weighted by atomic mass is 10.2. The monoisotopic (exact) mass is 397 g/mol. The smallest absolute Gasteiger partial charge is 0.321 e. The molecular weight excluding hydrogens is 378 g/mol. The van der Waals surface area contributed by atoms with Crippen LogP contribution in [0, 0.1) is 6.92 Å². The number of nitrogens with zero attached hydrogens (tertiary/aromatic N) is 3. The maximum absolute atomic E-state index is 13.1. The minimum Gasteiger partial charge on any atom is -0.338 e. The van der Waals surface area contributed by atoms with E-state index in [1.807, 2.05) is 13.0 Å². The first-order valence-electron chi connectivity index (χ1n) is 8.65. The van der Waals surface area contributed by atoms with Crippen LogP contribution in [0.25, 0.3) is 16.7 Å². The van der Waals surface area contributed by atoms with Crippen molar-refractivity contribution in [2.45, 2.75) is 19.0 Å². The molecule has 0 saturated heterocycles. The van der Waals surface area contributed by atoms with E-state index in [-0.39, 0.29) is 11.3 Å². The van der Waals surface area contributed by atoms with Crippen LogP contribution in [0.1, 0.15) is 12.5 Å². The molecule has 2 heterocycles. The zero-order valence-corrected chi connectivity index (χ0v) is 16.2. The Kier molecular flexibility index (Phi) is 6.05. The Bertz CT molecular complexity index is 1100. The summed E-state index contributed by atoms with van der Waals surface area (Å²) in [5.41, 5.74) is 1.20. The van der Waals surface area contributed by atoms with Crippen LogP contribution >= 0.6 is 11.8 Å². The summed E-state index contributed by atoms with van der Waals surface area (Å²) >= 11 is 1.06. The van der Waals surface area contributed by atoms with Gasteiger partial charge in [-0.25, -0.2) is 19.3 Å². The number of carbonyl (C=O) groups excluding carboxylic acids is 2. The minimum atomic E-state index is -0.558. The SMILES string of the molecule is CCNC(=O)NC(=O)CSc1nc2ccccc2c(=O)n1-c1cc(C)ccn1. The number of fused-ring (bicyclic) bond motifs is 1. The number of para-hydroxylation sites is 1. The van der Waals surface area contributed by atoms with E-state index in [0.717, 1.165) is 17.3 Å². The standard InChI is InChI=1S/C19H19N5O3S/c1-3-20-18(27)23-16(25)11-28-19-22-14-7-5-4-6-13(14)17(26)24(19)15-10-12(2)8-9-21-15/h4-10H,3,11H2,1-2H3,(H2,20,23,25,27). The molecule has 0 aliphatic rings. The van der Waals surface area contributed by atoms with Gasteiger partial charge in [-0.3, -0.25) is 14.9 Å². The van der Waals surface area contributed by atoms with Crippen molar-refractivity contribution in [2.24, 2.45) is 0 Å². The highest BCUT2D eigenvalue weighted by atomic mass is 32.2. The summed E-state index contributed by atoms with van der Waals surface area (Å²) in [6.07, 6.45) is 1.61. The van der Waals surface area contributed by atoms with Crippen LogP contribution in [-0.4, -0.2) is 38.8 Å². The van der Waals surface area contributed by atoms with Gasteiger partial charge in [-0.15, -0.1) is 0 Å². The molecule has 0 fully saturated rings. The zero-order chi connectivity index (χ0) is 20.1. The second-order valence-corrected chi connectivity index (χ2v) is 6.88. The number of carbonyl (C=O) groups is 2. The molecule has 9 heteroatoms. The molecule has 2 aromatic heterocycles. The van der Waals surface area contributed by atoms with Gasteiger partial charge < -0.3 is 5.32 Å². The first-order chi connectivity index (χ1) is 13.5. The fraction of sp³-hybridized carbons (Fsp3) is 0.211. The summed E-state index contributed by atoms with van der Waals surface area (Å²) in [6.45, 7) is 4.07. The first-order valence-corrected chi connectivity index (χ1v) is 9.63. The molecule has 2 N–H and O–H groups in total. The summed E-state index contributed by atoms with van der Waals surface area (Å²) in [5.74, 6) is -0.134. The van der Waals surface area contributed by atoms with Crippen molar-refractivity contribution in [3.05, 3.63) is 58.5 Å². The predicted octanol–water partition coefficient (Wildman–Crippen LogP) is 2.03. The molecule has 1 aromatic carbocycles. The number of rotatable bonds is 5. The zero-order valence-electron chi connectivity index (χ0n) is 15.4. The van der Waals surface area contributed by atoms with Crippen molar-refractivity contribution < 1.29 is 9.59 Å². The lowest BCUT2D eigenvalue weighted by Gasteiger charge is -2.12. The molecule has 0 aliphatic carbocycles. The van der Waals surface area contributed by atoms with E-state index in [4.69, 9.17) is 0 Å². The number of thioether (sulfide) groups is 1. The number of urea groups is 1. The van der Waals surface area contributed by atoms with Gasteiger partial charge in [0.05, 0.1) is 16.7 Å². The number of benzene rings is 1. The third-order valence-electron chi connectivity index (χ3n) is 3.80. The topological polar surface area (TPSA) is 106 Å². The summed E-state index contributed by atoms with van der Waals surface area (Å²) < 4.78 is 1.39. The highest BCUT2D eigenvalue weighted by molar-refractivity contribution is 7.99. The molecule has 3 amide bonds. The molecule has 3 rings (SSSR count). The third-order valence-corrected chi connectivity index (χ3v) is 4.74. The number of amides is 3. The molecule has 0 radical (unpaired) electrons. The fourth-order valence-electron chi connectivity index (χ4n) is 2.55. The first kappa shape index (κ1) is 19.6. The number of nitrogens with one attached hydrogen (secondary N) is 2. The Labute approximate surface area is 165 Å². The van der Waals surface area contributed by atoms with Crippen LogP contribution in [0.5, 0.6) is 0 Å². The molecule has 0 spiro atoms. The van der Waals surface area contributed by atoms with E-state index < -0.39 is 11.9 Å². The normalized spacial score (nSPS) is 10.6. The Morgan fingerprint density at radius 3 is 2.75 bits per heavy atom. The average molecular weight is 397 g/mol. The van der Waals surface area contributed by atoms with Gasteiger partial charge in [0.15, 0.2) is 5.16 Å². The molecule has 28 heavy (non-hydrogen) atoms. The predicted molar refractivity (Wildman–Crippen MR) is 108 cm³/mol. The number of imide groups is 1. The summed E-state index contributed by atoms with van der Waals surface area (Å²) in [5, 5.41) is 5.51. The van der Waals surface area contributed by atoms with E-state index in [0.29, 0.717) is 28.4 Å². The van der Waals surface area contributed by atoms with Gasteiger partial charge in [0.25, 0.3) is 5.56 Å². The van der Waals surface area contributed by atoms with E-state index in [1.165, 1.54) is 4.57 Å². The van der Waals surface area contributed by atoms with Crippen LogP contribution in [0.2, 0.25) is 0 Å². The number of aromatic nitrogens is 3. The summed E-state index contributed by atoms with van der Waals surface area (Å²) in [7, 11) is 0. The molecule has 0 unspecified atom stereocenters. The van der Waals surface area contributed by atoms with Gasteiger partial charge >= 0.3 is 6.03 Å². The fourth-order valence-corrected chi connectivity index (χ4v) is 3.35. The van der Waals surface area contributed by atoms with Gasteiger partial charge in [-0.2, -0.15) is 0 Å². The molecule has 3 aromatic rings. The average Bonchev–Trinajstić information content (AvgIpc) is 2.66. The number of aryl methyl sites for hydroxylation is 1. The summed E-state index contributed by atoms with van der Waals surface area (Å²) in [6, 6.07) is 10.0. The number of hydrogen-bond acceptors (Lipinski definition) is 6. The Morgan fingerprint density at radius 1 is 1.21 bits per heavy atom. The van der Waals surface area contributed by atoms with Gasteiger partial charge in [0.1, 0.15) is 5.82 Å². The minimum absolute atomic E-state index is 0.0757. The van der Waals surface area contributed by atoms with Crippen molar-refractivity contribution in [3.8, 4) is 5.82 Å². The van der Waals surface area contributed by atoms with Gasteiger partial charge in [0.2, 0.25) is 5.91 Å². The van der Waals surface area contributed by atoms with Crippen LogP contribution in [0.3, 0.4) is 0 Å². The van der Waals surface area contributed by atoms with Gasteiger partial charge in [0, 0.05) is 12.7 Å². The molecule has 144 valence electrons.